The van der Waals surface area contributed by atoms with Gasteiger partial charge in [-0.3, -0.25) is 0 Å². The number of aliphatic hydroxyl groups excluding tert-OH is 1. The molecule has 0 saturated heterocycles. The van der Waals surface area contributed by atoms with E-state index >= 15 is 0 Å². The highest BCUT2D eigenvalue weighted by molar-refractivity contribution is 5.55. The van der Waals surface area contributed by atoms with E-state index in [0.717, 1.165) is 12.1 Å². The maximum Gasteiger partial charge on any atom is 0.433 e. The number of rotatable bonds is 6. The number of halogens is 3. The van der Waals surface area contributed by atoms with Crippen LogP contribution in [0, 0.1) is 11.3 Å². The van der Waals surface area contributed by atoms with Crippen LogP contribution in [0.4, 0.5) is 19.0 Å². The van der Waals surface area contributed by atoms with Gasteiger partial charge in [0.25, 0.3) is 0 Å². The average Bonchev–Trinajstić information content (AvgIpc) is 2.46. The number of aromatic nitrogens is 1. The Morgan fingerprint density at radius 3 is 2.38 bits per heavy atom. The van der Waals surface area contributed by atoms with Gasteiger partial charge in [0.15, 0.2) is 0 Å². The third kappa shape index (κ3) is 4.08. The number of nitriles is 1. The van der Waals surface area contributed by atoms with Gasteiger partial charge in [-0.15, -0.1) is 0 Å². The first kappa shape index (κ1) is 17.2. The minimum absolute atomic E-state index is 0.0184. The van der Waals surface area contributed by atoms with Gasteiger partial charge in [-0.1, -0.05) is 13.8 Å². The summed E-state index contributed by atoms with van der Waals surface area (Å²) >= 11 is 0. The fraction of sp³-hybridized carbons (Fsp3) is 0.571. The van der Waals surface area contributed by atoms with Gasteiger partial charge in [0.2, 0.25) is 0 Å². The molecule has 0 aliphatic carbocycles. The Labute approximate surface area is 121 Å². The maximum atomic E-state index is 12.8. The molecule has 1 heterocycles. The van der Waals surface area contributed by atoms with Crippen LogP contribution in [0.3, 0.4) is 0 Å². The van der Waals surface area contributed by atoms with Gasteiger partial charge in [0, 0.05) is 12.6 Å². The van der Waals surface area contributed by atoms with Crippen molar-refractivity contribution in [1.82, 2.24) is 4.98 Å². The SMILES string of the molecule is CCC(CC)N(CCO)c1nc(C(F)(F)F)ccc1C#N. The van der Waals surface area contributed by atoms with Gasteiger partial charge in [-0.25, -0.2) is 4.98 Å². The lowest BCUT2D eigenvalue weighted by Gasteiger charge is -2.32. The first-order valence-electron chi connectivity index (χ1n) is 6.74. The second-order valence-electron chi connectivity index (χ2n) is 4.56. The Bertz CT molecular complexity index is 507. The van der Waals surface area contributed by atoms with Crippen LogP contribution in [0.1, 0.15) is 37.9 Å². The van der Waals surface area contributed by atoms with Crippen molar-refractivity contribution in [3.05, 3.63) is 23.4 Å². The van der Waals surface area contributed by atoms with Gasteiger partial charge < -0.3 is 10.0 Å². The van der Waals surface area contributed by atoms with Gasteiger partial charge >= 0.3 is 6.18 Å². The first-order chi connectivity index (χ1) is 9.88. The highest BCUT2D eigenvalue weighted by Crippen LogP contribution is 2.31. The van der Waals surface area contributed by atoms with Gasteiger partial charge in [-0.2, -0.15) is 18.4 Å². The Morgan fingerprint density at radius 1 is 1.33 bits per heavy atom. The smallest absolute Gasteiger partial charge is 0.395 e. The molecule has 0 atom stereocenters. The van der Waals surface area contributed by atoms with Crippen LogP contribution in [-0.4, -0.2) is 29.3 Å². The van der Waals surface area contributed by atoms with Crippen LogP contribution >= 0.6 is 0 Å². The molecular weight excluding hydrogens is 283 g/mol. The summed E-state index contributed by atoms with van der Waals surface area (Å²) in [6.07, 6.45) is -3.21. The third-order valence-corrected chi connectivity index (χ3v) is 3.28. The van der Waals surface area contributed by atoms with E-state index < -0.39 is 11.9 Å². The molecule has 0 spiro atoms. The molecule has 0 radical (unpaired) electrons. The second kappa shape index (κ2) is 7.27. The molecule has 1 N–H and O–H groups in total. The zero-order valence-electron chi connectivity index (χ0n) is 12.0. The van der Waals surface area contributed by atoms with E-state index in [2.05, 4.69) is 4.98 Å². The van der Waals surface area contributed by atoms with Gasteiger partial charge in [0.05, 0.1) is 12.2 Å². The lowest BCUT2D eigenvalue weighted by molar-refractivity contribution is -0.141. The first-order valence-corrected chi connectivity index (χ1v) is 6.74. The van der Waals surface area contributed by atoms with E-state index in [1.807, 2.05) is 19.9 Å². The molecule has 0 bridgehead atoms. The second-order valence-corrected chi connectivity index (χ2v) is 4.56. The summed E-state index contributed by atoms with van der Waals surface area (Å²) in [5.74, 6) is -0.0184. The topological polar surface area (TPSA) is 60.1 Å². The maximum absolute atomic E-state index is 12.8. The van der Waals surface area contributed by atoms with Crippen LogP contribution in [-0.2, 0) is 6.18 Å². The van der Waals surface area contributed by atoms with Crippen LogP contribution in [0.5, 0.6) is 0 Å². The van der Waals surface area contributed by atoms with E-state index in [4.69, 9.17) is 10.4 Å². The normalized spacial score (nSPS) is 11.5. The quantitative estimate of drug-likeness (QED) is 0.877. The standard InChI is InChI=1S/C14H18F3N3O/c1-3-11(4-2)20(7-8-21)13-10(9-18)5-6-12(19-13)14(15,16)17/h5-6,11,21H,3-4,7-8H2,1-2H3. The molecule has 1 rings (SSSR count). The molecule has 7 heteroatoms. The molecule has 1 aromatic rings. The summed E-state index contributed by atoms with van der Waals surface area (Å²) in [5, 5.41) is 18.3. The molecule has 0 unspecified atom stereocenters. The minimum Gasteiger partial charge on any atom is -0.395 e. The van der Waals surface area contributed by atoms with Crippen LogP contribution in [0.25, 0.3) is 0 Å². The van der Waals surface area contributed by atoms with E-state index in [0.29, 0.717) is 12.8 Å². The molecule has 0 amide bonds. The molecule has 116 valence electrons. The van der Waals surface area contributed by atoms with E-state index in [-0.39, 0.29) is 30.6 Å². The molecule has 0 aliphatic heterocycles. The van der Waals surface area contributed by atoms with Crippen LogP contribution in [0.15, 0.2) is 12.1 Å². The molecule has 4 nitrogen and oxygen atoms in total. The van der Waals surface area contributed by atoms with Crippen LogP contribution < -0.4 is 4.90 Å². The lowest BCUT2D eigenvalue weighted by atomic mass is 10.1. The van der Waals surface area contributed by atoms with E-state index in [9.17, 15) is 13.2 Å². The predicted octanol–water partition coefficient (Wildman–Crippen LogP) is 2.96. The number of anilines is 1. The number of hydrogen-bond donors (Lipinski definition) is 1. The van der Waals surface area contributed by atoms with Crippen molar-refractivity contribution in [2.75, 3.05) is 18.1 Å². The zero-order chi connectivity index (χ0) is 16.0. The van der Waals surface area contributed by atoms with Crippen molar-refractivity contribution in [1.29, 1.82) is 5.26 Å². The number of hydrogen-bond acceptors (Lipinski definition) is 4. The van der Waals surface area contributed by atoms with Crippen molar-refractivity contribution in [3.63, 3.8) is 0 Å². The van der Waals surface area contributed by atoms with Crippen molar-refractivity contribution in [2.45, 2.75) is 38.9 Å². The molecular formula is C14H18F3N3O. The summed E-state index contributed by atoms with van der Waals surface area (Å²) in [7, 11) is 0. The highest BCUT2D eigenvalue weighted by Gasteiger charge is 2.34. The number of nitrogens with zero attached hydrogens (tertiary/aromatic N) is 3. The molecule has 0 saturated carbocycles. The van der Waals surface area contributed by atoms with E-state index in [1.54, 1.807) is 4.90 Å². The molecule has 1 aromatic heterocycles. The highest BCUT2D eigenvalue weighted by atomic mass is 19.4. The zero-order valence-corrected chi connectivity index (χ0v) is 12.0. The Morgan fingerprint density at radius 2 is 1.95 bits per heavy atom. The monoisotopic (exact) mass is 301 g/mol. The Hall–Kier alpha value is -1.81. The predicted molar refractivity (Wildman–Crippen MR) is 72.8 cm³/mol. The summed E-state index contributed by atoms with van der Waals surface area (Å²) in [5.41, 5.74) is -0.964. The third-order valence-electron chi connectivity index (χ3n) is 3.28. The fourth-order valence-electron chi connectivity index (χ4n) is 2.21. The molecule has 21 heavy (non-hydrogen) atoms. The van der Waals surface area contributed by atoms with Crippen molar-refractivity contribution in [2.24, 2.45) is 0 Å². The van der Waals surface area contributed by atoms with Crippen molar-refractivity contribution in [3.8, 4) is 6.07 Å². The Kier molecular flexibility index (Phi) is 5.97. The molecule has 0 fully saturated rings. The fourth-order valence-corrected chi connectivity index (χ4v) is 2.21. The molecule has 0 aliphatic rings. The van der Waals surface area contributed by atoms with Crippen LogP contribution in [0.2, 0.25) is 0 Å². The number of alkyl halides is 3. The van der Waals surface area contributed by atoms with E-state index in [1.165, 1.54) is 0 Å². The summed E-state index contributed by atoms with van der Waals surface area (Å²) in [6.45, 7) is 3.71. The largest absolute Gasteiger partial charge is 0.433 e. The summed E-state index contributed by atoms with van der Waals surface area (Å²) < 4.78 is 38.4. The minimum atomic E-state index is -4.57. The average molecular weight is 301 g/mol. The van der Waals surface area contributed by atoms with Gasteiger partial charge in [-0.05, 0) is 25.0 Å². The van der Waals surface area contributed by atoms with Crippen molar-refractivity contribution < 1.29 is 18.3 Å². The summed E-state index contributed by atoms with van der Waals surface area (Å²) in [4.78, 5) is 5.20. The Balaban J connectivity index is 3.37. The lowest BCUT2D eigenvalue weighted by Crippen LogP contribution is -2.38. The van der Waals surface area contributed by atoms with Gasteiger partial charge in [0.1, 0.15) is 17.6 Å². The van der Waals surface area contributed by atoms with Crippen molar-refractivity contribution >= 4 is 5.82 Å². The summed E-state index contributed by atoms with van der Waals surface area (Å²) in [6, 6.07) is 3.70. The number of pyridine rings is 1. The molecule has 0 aromatic carbocycles. The number of aliphatic hydroxyl groups is 1.